The van der Waals surface area contributed by atoms with Gasteiger partial charge in [-0.25, -0.2) is 5.32 Å². The number of hydrogen-bond acceptors (Lipinski definition) is 0. The predicted molar refractivity (Wildman–Crippen MR) is 37.4 cm³/mol. The van der Waals surface area contributed by atoms with Gasteiger partial charge in [0, 0.05) is 12.6 Å². The SMILES string of the molecule is C1CC2CCC(CC2)[N]1. The van der Waals surface area contributed by atoms with Crippen molar-refractivity contribution in [1.29, 1.82) is 0 Å². The van der Waals surface area contributed by atoms with Crippen molar-refractivity contribution < 1.29 is 0 Å². The molecule has 2 bridgehead atoms. The molecule has 2 heterocycles. The molecular formula is C8H14N. The first kappa shape index (κ1) is 5.72. The van der Waals surface area contributed by atoms with E-state index in [0.717, 1.165) is 18.5 Å². The zero-order valence-corrected chi connectivity index (χ0v) is 5.84. The van der Waals surface area contributed by atoms with E-state index in [-0.39, 0.29) is 0 Å². The molecule has 9 heavy (non-hydrogen) atoms. The minimum absolute atomic E-state index is 0.767. The lowest BCUT2D eigenvalue weighted by Crippen LogP contribution is -2.21. The van der Waals surface area contributed by atoms with E-state index >= 15 is 0 Å². The van der Waals surface area contributed by atoms with Crippen LogP contribution in [0, 0.1) is 5.92 Å². The van der Waals surface area contributed by atoms with Gasteiger partial charge in [0.15, 0.2) is 0 Å². The molecule has 0 spiro atoms. The Morgan fingerprint density at radius 1 is 0.889 bits per heavy atom. The minimum atomic E-state index is 0.767. The quantitative estimate of drug-likeness (QED) is 0.465. The second kappa shape index (κ2) is 2.30. The zero-order chi connectivity index (χ0) is 6.10. The van der Waals surface area contributed by atoms with Crippen LogP contribution in [-0.2, 0) is 0 Å². The van der Waals surface area contributed by atoms with Crippen molar-refractivity contribution in [2.45, 2.75) is 38.1 Å². The van der Waals surface area contributed by atoms with Crippen molar-refractivity contribution >= 4 is 0 Å². The van der Waals surface area contributed by atoms with E-state index in [1.165, 1.54) is 32.1 Å². The molecule has 51 valence electrons. The summed E-state index contributed by atoms with van der Waals surface area (Å²) < 4.78 is 0. The Morgan fingerprint density at radius 2 is 1.67 bits per heavy atom. The van der Waals surface area contributed by atoms with Gasteiger partial charge in [-0.05, 0) is 38.0 Å². The summed E-state index contributed by atoms with van der Waals surface area (Å²) in [5, 5.41) is 4.58. The number of rotatable bonds is 0. The molecule has 0 aromatic carbocycles. The van der Waals surface area contributed by atoms with Crippen LogP contribution in [0.3, 0.4) is 0 Å². The van der Waals surface area contributed by atoms with Gasteiger partial charge < -0.3 is 0 Å². The van der Waals surface area contributed by atoms with E-state index in [1.807, 2.05) is 0 Å². The fourth-order valence-electron chi connectivity index (χ4n) is 2.06. The highest BCUT2D eigenvalue weighted by Gasteiger charge is 2.24. The molecule has 3 fully saturated rings. The average molecular weight is 124 g/mol. The van der Waals surface area contributed by atoms with Gasteiger partial charge in [0.2, 0.25) is 0 Å². The summed E-state index contributed by atoms with van der Waals surface area (Å²) in [7, 11) is 0. The molecule has 2 aliphatic heterocycles. The lowest BCUT2D eigenvalue weighted by molar-refractivity contribution is 0.342. The summed E-state index contributed by atoms with van der Waals surface area (Å²) in [6.45, 7) is 1.16. The van der Waals surface area contributed by atoms with Crippen LogP contribution < -0.4 is 5.32 Å². The highest BCUT2D eigenvalue weighted by atomic mass is 14.9. The molecule has 1 saturated carbocycles. The predicted octanol–water partition coefficient (Wildman–Crippen LogP) is 1.55. The molecule has 3 rings (SSSR count). The van der Waals surface area contributed by atoms with Crippen molar-refractivity contribution in [3.63, 3.8) is 0 Å². The lowest BCUT2D eigenvalue weighted by Gasteiger charge is -2.21. The Kier molecular flexibility index (Phi) is 1.46. The van der Waals surface area contributed by atoms with Crippen molar-refractivity contribution in [1.82, 2.24) is 5.32 Å². The molecule has 0 amide bonds. The van der Waals surface area contributed by atoms with Crippen molar-refractivity contribution in [2.75, 3.05) is 6.54 Å². The van der Waals surface area contributed by atoms with E-state index in [4.69, 9.17) is 0 Å². The van der Waals surface area contributed by atoms with Crippen molar-refractivity contribution in [3.05, 3.63) is 0 Å². The Labute approximate surface area is 56.8 Å². The summed E-state index contributed by atoms with van der Waals surface area (Å²) in [6, 6.07) is 0.767. The Balaban J connectivity index is 2.03. The third kappa shape index (κ3) is 1.11. The third-order valence-electron chi connectivity index (χ3n) is 2.74. The topological polar surface area (TPSA) is 14.1 Å². The molecule has 1 heteroatoms. The van der Waals surface area contributed by atoms with Crippen molar-refractivity contribution in [3.8, 4) is 0 Å². The molecular weight excluding hydrogens is 110 g/mol. The molecule has 0 aromatic rings. The molecule has 0 unspecified atom stereocenters. The van der Waals surface area contributed by atoms with Gasteiger partial charge in [-0.2, -0.15) is 0 Å². The highest BCUT2D eigenvalue weighted by Crippen LogP contribution is 2.29. The van der Waals surface area contributed by atoms with Gasteiger partial charge in [0.05, 0.1) is 0 Å². The summed E-state index contributed by atoms with van der Waals surface area (Å²) in [6.07, 6.45) is 7.11. The van der Waals surface area contributed by atoms with Gasteiger partial charge in [0.1, 0.15) is 0 Å². The summed E-state index contributed by atoms with van der Waals surface area (Å²) in [5.41, 5.74) is 0. The standard InChI is InChI=1S/C8H14N/c1-3-8-4-2-7(1)5-6-9-8/h7-8H,1-6H2. The maximum Gasteiger partial charge on any atom is 0.0246 e. The van der Waals surface area contributed by atoms with E-state index in [2.05, 4.69) is 5.32 Å². The normalized spacial score (nSPS) is 42.7. The number of fused-ring (bicyclic) bond motifs is 4. The van der Waals surface area contributed by atoms with Gasteiger partial charge >= 0.3 is 0 Å². The van der Waals surface area contributed by atoms with Crippen LogP contribution in [-0.4, -0.2) is 12.6 Å². The minimum Gasteiger partial charge on any atom is -0.238 e. The van der Waals surface area contributed by atoms with Crippen LogP contribution in [0.1, 0.15) is 32.1 Å². The molecule has 3 aliphatic rings. The molecule has 2 saturated heterocycles. The van der Waals surface area contributed by atoms with Gasteiger partial charge in [0.25, 0.3) is 0 Å². The lowest BCUT2D eigenvalue weighted by atomic mass is 9.87. The summed E-state index contributed by atoms with van der Waals surface area (Å²) in [5.74, 6) is 1.05. The maximum absolute atomic E-state index is 4.58. The highest BCUT2D eigenvalue weighted by molar-refractivity contribution is 4.81. The van der Waals surface area contributed by atoms with Crippen LogP contribution in [0.15, 0.2) is 0 Å². The first-order valence-electron chi connectivity index (χ1n) is 4.12. The van der Waals surface area contributed by atoms with E-state index in [1.54, 1.807) is 0 Å². The Bertz CT molecular complexity index is 75.2. The molecule has 0 N–H and O–H groups in total. The average Bonchev–Trinajstić information content (AvgIpc) is 2.21. The number of nitrogens with zero attached hydrogens (tertiary/aromatic N) is 1. The Morgan fingerprint density at radius 3 is 2.44 bits per heavy atom. The third-order valence-corrected chi connectivity index (χ3v) is 2.74. The maximum atomic E-state index is 4.58. The van der Waals surface area contributed by atoms with Crippen LogP contribution in [0.2, 0.25) is 0 Å². The first-order chi connectivity index (χ1) is 4.45. The smallest absolute Gasteiger partial charge is 0.0246 e. The van der Waals surface area contributed by atoms with Crippen LogP contribution in [0.4, 0.5) is 0 Å². The van der Waals surface area contributed by atoms with Crippen LogP contribution in [0.25, 0.3) is 0 Å². The van der Waals surface area contributed by atoms with Gasteiger partial charge in [-0.15, -0.1) is 0 Å². The van der Waals surface area contributed by atoms with Gasteiger partial charge in [-0.3, -0.25) is 0 Å². The fraction of sp³-hybridized carbons (Fsp3) is 1.00. The van der Waals surface area contributed by atoms with Crippen LogP contribution in [0.5, 0.6) is 0 Å². The van der Waals surface area contributed by atoms with Crippen LogP contribution >= 0.6 is 0 Å². The van der Waals surface area contributed by atoms with E-state index in [9.17, 15) is 0 Å². The molecule has 0 atom stereocenters. The Hall–Kier alpha value is -0.0400. The molecule has 1 aliphatic carbocycles. The molecule has 1 radical (unpaired) electrons. The molecule has 0 aromatic heterocycles. The summed E-state index contributed by atoms with van der Waals surface area (Å²) >= 11 is 0. The zero-order valence-electron chi connectivity index (χ0n) is 5.84. The second-order valence-corrected chi connectivity index (χ2v) is 3.37. The summed E-state index contributed by atoms with van der Waals surface area (Å²) in [4.78, 5) is 0. The monoisotopic (exact) mass is 124 g/mol. The van der Waals surface area contributed by atoms with Crippen molar-refractivity contribution in [2.24, 2.45) is 5.92 Å². The van der Waals surface area contributed by atoms with Gasteiger partial charge in [-0.1, -0.05) is 0 Å². The second-order valence-electron chi connectivity index (χ2n) is 3.37. The fourth-order valence-corrected chi connectivity index (χ4v) is 2.06. The number of hydrogen-bond donors (Lipinski definition) is 0. The van der Waals surface area contributed by atoms with E-state index < -0.39 is 0 Å². The largest absolute Gasteiger partial charge is 0.238 e. The van der Waals surface area contributed by atoms with E-state index in [0.29, 0.717) is 0 Å². The first-order valence-corrected chi connectivity index (χ1v) is 4.12. The molecule has 1 nitrogen and oxygen atoms in total.